The number of carbonyl (C=O) groups excluding carboxylic acids is 3. The molecule has 0 spiro atoms. The maximum atomic E-state index is 12.5. The summed E-state index contributed by atoms with van der Waals surface area (Å²) in [7, 11) is 1.28. The Morgan fingerprint density at radius 1 is 1.18 bits per heavy atom. The average molecular weight is 496 g/mol. The Labute approximate surface area is 176 Å². The fourth-order valence-corrected chi connectivity index (χ4v) is 3.09. The maximum Gasteiger partial charge on any atom is 0.337 e. The number of rotatable bonds is 7. The summed E-state index contributed by atoms with van der Waals surface area (Å²) in [6, 6.07) is 11.6. The lowest BCUT2D eigenvalue weighted by Crippen LogP contribution is -2.33. The van der Waals surface area contributed by atoms with E-state index in [1.54, 1.807) is 49.4 Å². The summed E-state index contributed by atoms with van der Waals surface area (Å²) >= 11 is 2.09. The highest BCUT2D eigenvalue weighted by Gasteiger charge is 2.24. The SMILES string of the molecule is CCOC(=O)C(CNC(=O)c1cc(I)ccc1N)c1cccc(C(=O)OC)c1. The van der Waals surface area contributed by atoms with E-state index in [0.29, 0.717) is 22.4 Å². The lowest BCUT2D eigenvalue weighted by molar-refractivity contribution is -0.144. The first kappa shape index (κ1) is 21.7. The molecule has 0 aromatic heterocycles. The van der Waals surface area contributed by atoms with E-state index in [0.717, 1.165) is 3.57 Å². The topological polar surface area (TPSA) is 108 Å². The number of hydrogen-bond acceptors (Lipinski definition) is 6. The zero-order valence-electron chi connectivity index (χ0n) is 15.5. The van der Waals surface area contributed by atoms with Crippen LogP contribution in [0.5, 0.6) is 0 Å². The molecule has 0 aliphatic heterocycles. The van der Waals surface area contributed by atoms with Gasteiger partial charge in [0, 0.05) is 15.8 Å². The maximum absolute atomic E-state index is 12.5. The fraction of sp³-hybridized carbons (Fsp3) is 0.250. The summed E-state index contributed by atoms with van der Waals surface area (Å²) in [6.07, 6.45) is 0. The zero-order valence-corrected chi connectivity index (χ0v) is 17.7. The second-order valence-corrected chi connectivity index (χ2v) is 7.11. The summed E-state index contributed by atoms with van der Waals surface area (Å²) in [5, 5.41) is 2.73. The van der Waals surface area contributed by atoms with E-state index in [1.165, 1.54) is 7.11 Å². The van der Waals surface area contributed by atoms with E-state index < -0.39 is 23.8 Å². The Bertz CT molecular complexity index is 885. The molecule has 3 N–H and O–H groups in total. The number of halogens is 1. The number of carbonyl (C=O) groups is 3. The Balaban J connectivity index is 2.25. The van der Waals surface area contributed by atoms with Crippen LogP contribution in [0.25, 0.3) is 0 Å². The summed E-state index contributed by atoms with van der Waals surface area (Å²) in [5.74, 6) is -2.19. The number of nitrogens with one attached hydrogen (secondary N) is 1. The zero-order chi connectivity index (χ0) is 20.7. The van der Waals surface area contributed by atoms with E-state index in [2.05, 4.69) is 27.9 Å². The number of hydrogen-bond donors (Lipinski definition) is 2. The minimum atomic E-state index is -0.780. The molecule has 0 bridgehead atoms. The van der Waals surface area contributed by atoms with Crippen LogP contribution in [0.15, 0.2) is 42.5 Å². The van der Waals surface area contributed by atoms with Crippen molar-refractivity contribution in [2.45, 2.75) is 12.8 Å². The molecule has 0 aliphatic carbocycles. The first-order valence-corrected chi connectivity index (χ1v) is 9.63. The number of nitrogen functional groups attached to an aromatic ring is 1. The Morgan fingerprint density at radius 3 is 2.61 bits per heavy atom. The van der Waals surface area contributed by atoms with E-state index in [-0.39, 0.29) is 13.2 Å². The van der Waals surface area contributed by atoms with Gasteiger partial charge in [-0.25, -0.2) is 4.79 Å². The van der Waals surface area contributed by atoms with Gasteiger partial charge in [-0.2, -0.15) is 0 Å². The van der Waals surface area contributed by atoms with Crippen molar-refractivity contribution in [3.63, 3.8) is 0 Å². The molecule has 2 aromatic rings. The highest BCUT2D eigenvalue weighted by atomic mass is 127. The third kappa shape index (κ3) is 5.44. The molecular weight excluding hydrogens is 475 g/mol. The van der Waals surface area contributed by atoms with Crippen molar-refractivity contribution in [2.24, 2.45) is 0 Å². The van der Waals surface area contributed by atoms with Crippen LogP contribution in [0.2, 0.25) is 0 Å². The molecule has 2 rings (SSSR count). The van der Waals surface area contributed by atoms with Crippen LogP contribution in [0, 0.1) is 3.57 Å². The van der Waals surface area contributed by atoms with Crippen molar-refractivity contribution in [3.8, 4) is 0 Å². The number of esters is 2. The summed E-state index contributed by atoms with van der Waals surface area (Å²) in [6.45, 7) is 1.89. The molecule has 1 atom stereocenters. The monoisotopic (exact) mass is 496 g/mol. The van der Waals surface area contributed by atoms with Crippen LogP contribution < -0.4 is 11.1 Å². The third-order valence-electron chi connectivity index (χ3n) is 4.01. The quantitative estimate of drug-likeness (QED) is 0.347. The molecule has 1 amide bonds. The highest BCUT2D eigenvalue weighted by Crippen LogP contribution is 2.20. The minimum Gasteiger partial charge on any atom is -0.465 e. The van der Waals surface area contributed by atoms with E-state index in [1.807, 2.05) is 0 Å². The van der Waals surface area contributed by atoms with Gasteiger partial charge in [-0.1, -0.05) is 12.1 Å². The summed E-state index contributed by atoms with van der Waals surface area (Å²) in [4.78, 5) is 36.8. The van der Waals surface area contributed by atoms with Gasteiger partial charge in [0.25, 0.3) is 5.91 Å². The molecule has 2 aromatic carbocycles. The third-order valence-corrected chi connectivity index (χ3v) is 4.68. The Kier molecular flexibility index (Phi) is 7.80. The molecule has 28 heavy (non-hydrogen) atoms. The molecule has 0 radical (unpaired) electrons. The van der Waals surface area contributed by atoms with Crippen LogP contribution in [0.1, 0.15) is 39.1 Å². The van der Waals surface area contributed by atoms with Crippen molar-refractivity contribution in [1.82, 2.24) is 5.32 Å². The van der Waals surface area contributed by atoms with Crippen LogP contribution in [-0.4, -0.2) is 38.1 Å². The number of nitrogens with two attached hydrogens (primary N) is 1. The van der Waals surface area contributed by atoms with Gasteiger partial charge in [0.2, 0.25) is 0 Å². The van der Waals surface area contributed by atoms with Gasteiger partial charge in [-0.15, -0.1) is 0 Å². The largest absolute Gasteiger partial charge is 0.465 e. The molecule has 7 nitrogen and oxygen atoms in total. The molecule has 0 aliphatic rings. The molecule has 0 heterocycles. The molecule has 0 saturated heterocycles. The molecule has 1 unspecified atom stereocenters. The molecule has 0 fully saturated rings. The Hall–Kier alpha value is -2.62. The highest BCUT2D eigenvalue weighted by molar-refractivity contribution is 14.1. The smallest absolute Gasteiger partial charge is 0.337 e. The van der Waals surface area contributed by atoms with Crippen molar-refractivity contribution in [3.05, 3.63) is 62.7 Å². The molecular formula is C20H21IN2O5. The summed E-state index contributed by atoms with van der Waals surface area (Å²) < 4.78 is 10.7. The van der Waals surface area contributed by atoms with Gasteiger partial charge < -0.3 is 20.5 Å². The number of amides is 1. The number of anilines is 1. The number of benzene rings is 2. The standard InChI is InChI=1S/C20H21IN2O5/c1-3-28-20(26)16(12-5-4-6-13(9-12)19(25)27-2)11-23-18(24)15-10-14(21)7-8-17(15)22/h4-10,16H,3,11,22H2,1-2H3,(H,23,24). The Morgan fingerprint density at radius 2 is 1.93 bits per heavy atom. The number of ether oxygens (including phenoxy) is 2. The van der Waals surface area contributed by atoms with E-state index in [9.17, 15) is 14.4 Å². The van der Waals surface area contributed by atoms with Gasteiger partial charge in [0.1, 0.15) is 0 Å². The van der Waals surface area contributed by atoms with Gasteiger partial charge in [-0.05, 0) is 65.4 Å². The predicted molar refractivity (Wildman–Crippen MR) is 113 cm³/mol. The van der Waals surface area contributed by atoms with Crippen molar-refractivity contribution in [2.75, 3.05) is 26.0 Å². The van der Waals surface area contributed by atoms with Crippen molar-refractivity contribution < 1.29 is 23.9 Å². The normalized spacial score (nSPS) is 11.4. The molecule has 8 heteroatoms. The molecule has 0 saturated carbocycles. The summed E-state index contributed by atoms with van der Waals surface area (Å²) in [5.41, 5.74) is 7.40. The van der Waals surface area contributed by atoms with Crippen LogP contribution in [-0.2, 0) is 14.3 Å². The fourth-order valence-electron chi connectivity index (χ4n) is 2.60. The lowest BCUT2D eigenvalue weighted by atomic mass is 9.97. The van der Waals surface area contributed by atoms with Crippen LogP contribution in [0.3, 0.4) is 0 Å². The van der Waals surface area contributed by atoms with Crippen molar-refractivity contribution in [1.29, 1.82) is 0 Å². The van der Waals surface area contributed by atoms with E-state index in [4.69, 9.17) is 15.2 Å². The number of methoxy groups -OCH3 is 1. The van der Waals surface area contributed by atoms with Gasteiger partial charge >= 0.3 is 11.9 Å². The van der Waals surface area contributed by atoms with Crippen LogP contribution >= 0.6 is 22.6 Å². The van der Waals surface area contributed by atoms with Crippen molar-refractivity contribution >= 4 is 46.1 Å². The van der Waals surface area contributed by atoms with Crippen LogP contribution in [0.4, 0.5) is 5.69 Å². The second-order valence-electron chi connectivity index (χ2n) is 5.86. The lowest BCUT2D eigenvalue weighted by Gasteiger charge is -2.18. The molecule has 148 valence electrons. The average Bonchev–Trinajstić information content (AvgIpc) is 2.69. The van der Waals surface area contributed by atoms with Gasteiger partial charge in [0.05, 0.1) is 30.8 Å². The van der Waals surface area contributed by atoms with Gasteiger partial charge in [-0.3, -0.25) is 9.59 Å². The van der Waals surface area contributed by atoms with E-state index >= 15 is 0 Å². The van der Waals surface area contributed by atoms with Gasteiger partial charge in [0.15, 0.2) is 0 Å². The minimum absolute atomic E-state index is 0.00674. The second kappa shape index (κ2) is 10.1. The first-order valence-electron chi connectivity index (χ1n) is 8.55. The predicted octanol–water partition coefficient (Wildman–Crippen LogP) is 2.74. The first-order chi connectivity index (χ1) is 13.4.